The van der Waals surface area contributed by atoms with Crippen LogP contribution in [0.1, 0.15) is 47.6 Å². The molecule has 0 radical (unpaired) electrons. The Morgan fingerprint density at radius 3 is 2.74 bits per heavy atom. The predicted molar refractivity (Wildman–Crippen MR) is 117 cm³/mol. The van der Waals surface area contributed by atoms with E-state index in [1.807, 2.05) is 6.07 Å². The summed E-state index contributed by atoms with van der Waals surface area (Å²) >= 11 is 0. The van der Waals surface area contributed by atoms with Gasteiger partial charge in [-0.15, -0.1) is 0 Å². The Bertz CT molecular complexity index is 1390. The lowest BCUT2D eigenvalue weighted by molar-refractivity contribution is 0.0522. The number of rotatable bonds is 6. The summed E-state index contributed by atoms with van der Waals surface area (Å²) in [6.45, 7) is 3.15. The maximum absolute atomic E-state index is 13.2. The van der Waals surface area contributed by atoms with Crippen LogP contribution in [0.25, 0.3) is 17.0 Å². The summed E-state index contributed by atoms with van der Waals surface area (Å²) in [5.41, 5.74) is 1.14. The van der Waals surface area contributed by atoms with Crippen LogP contribution in [0.2, 0.25) is 0 Å². The largest absolute Gasteiger partial charge is 0.462 e. The van der Waals surface area contributed by atoms with E-state index in [9.17, 15) is 14.0 Å². The van der Waals surface area contributed by atoms with Crippen LogP contribution in [0.5, 0.6) is 0 Å². The van der Waals surface area contributed by atoms with Crippen LogP contribution in [-0.2, 0) is 16.0 Å². The Morgan fingerprint density at radius 1 is 1.24 bits per heavy atom. The zero-order valence-corrected chi connectivity index (χ0v) is 18.4. The molecule has 1 aromatic carbocycles. The van der Waals surface area contributed by atoms with E-state index in [0.717, 1.165) is 18.5 Å². The molecule has 34 heavy (non-hydrogen) atoms. The molecule has 0 atom stereocenters. The van der Waals surface area contributed by atoms with Gasteiger partial charge in [0, 0.05) is 37.0 Å². The van der Waals surface area contributed by atoms with Gasteiger partial charge in [-0.25, -0.2) is 9.18 Å². The number of benzene rings is 1. The van der Waals surface area contributed by atoms with Crippen LogP contribution in [-0.4, -0.2) is 50.1 Å². The van der Waals surface area contributed by atoms with Crippen LogP contribution >= 0.6 is 0 Å². The Hall–Kier alpha value is -3.86. The molecule has 4 aromatic rings. The lowest BCUT2D eigenvalue weighted by Gasteiger charge is -2.19. The minimum Gasteiger partial charge on any atom is -0.462 e. The van der Waals surface area contributed by atoms with Crippen molar-refractivity contribution in [3.63, 3.8) is 0 Å². The van der Waals surface area contributed by atoms with Gasteiger partial charge < -0.3 is 18.6 Å². The van der Waals surface area contributed by atoms with Gasteiger partial charge in [0.15, 0.2) is 0 Å². The van der Waals surface area contributed by atoms with E-state index in [-0.39, 0.29) is 36.3 Å². The molecule has 0 aliphatic carbocycles. The molecule has 4 heterocycles. The van der Waals surface area contributed by atoms with E-state index in [4.69, 9.17) is 14.0 Å². The molecule has 1 saturated heterocycles. The number of halogens is 1. The monoisotopic (exact) mass is 467 g/mol. The highest BCUT2D eigenvalue weighted by atomic mass is 19.1. The Balaban J connectivity index is 1.55. The number of aromatic nitrogens is 5. The van der Waals surface area contributed by atoms with Crippen LogP contribution in [0.15, 0.2) is 45.8 Å². The number of esters is 1. The summed E-state index contributed by atoms with van der Waals surface area (Å²) in [6.07, 6.45) is 3.02. The summed E-state index contributed by atoms with van der Waals surface area (Å²) in [5, 5.41) is 8.48. The van der Waals surface area contributed by atoms with Crippen molar-refractivity contribution < 1.29 is 23.2 Å². The van der Waals surface area contributed by atoms with Crippen LogP contribution in [0.3, 0.4) is 0 Å². The van der Waals surface area contributed by atoms with E-state index in [1.54, 1.807) is 23.6 Å². The Labute approximate surface area is 192 Å². The average molecular weight is 467 g/mol. The molecule has 0 spiro atoms. The van der Waals surface area contributed by atoms with Crippen molar-refractivity contribution in [1.82, 2.24) is 24.3 Å². The van der Waals surface area contributed by atoms with Crippen LogP contribution in [0, 0.1) is 5.82 Å². The molecule has 0 N–H and O–H groups in total. The van der Waals surface area contributed by atoms with Gasteiger partial charge in [-0.2, -0.15) is 14.6 Å². The first kappa shape index (κ1) is 22.0. The molecule has 0 unspecified atom stereocenters. The predicted octanol–water partition coefficient (Wildman–Crippen LogP) is 2.80. The summed E-state index contributed by atoms with van der Waals surface area (Å²) in [6, 6.07) is 7.57. The second-order valence-corrected chi connectivity index (χ2v) is 7.94. The van der Waals surface area contributed by atoms with E-state index in [1.165, 1.54) is 22.8 Å². The van der Waals surface area contributed by atoms with Crippen molar-refractivity contribution in [3.05, 3.63) is 69.8 Å². The third-order valence-electron chi connectivity index (χ3n) is 5.72. The number of hydrogen-bond donors (Lipinski definition) is 0. The first-order valence-electron chi connectivity index (χ1n) is 11.0. The molecule has 0 bridgehead atoms. The van der Waals surface area contributed by atoms with Crippen molar-refractivity contribution in [2.45, 2.75) is 32.2 Å². The van der Waals surface area contributed by atoms with Crippen molar-refractivity contribution >= 4 is 11.6 Å². The van der Waals surface area contributed by atoms with E-state index < -0.39 is 11.5 Å². The summed E-state index contributed by atoms with van der Waals surface area (Å²) < 4.78 is 32.0. The third kappa shape index (κ3) is 4.21. The second-order valence-electron chi connectivity index (χ2n) is 7.94. The highest BCUT2D eigenvalue weighted by Gasteiger charge is 2.24. The van der Waals surface area contributed by atoms with Gasteiger partial charge in [-0.1, -0.05) is 5.16 Å². The normalized spacial score (nSPS) is 14.5. The van der Waals surface area contributed by atoms with Crippen LogP contribution in [0.4, 0.5) is 4.39 Å². The quantitative estimate of drug-likeness (QED) is 0.398. The topological polar surface area (TPSA) is 114 Å². The number of carbonyl (C=O) groups is 1. The van der Waals surface area contributed by atoms with E-state index in [0.29, 0.717) is 30.2 Å². The van der Waals surface area contributed by atoms with Crippen molar-refractivity contribution in [2.75, 3.05) is 19.8 Å². The molecule has 1 fully saturated rings. The van der Waals surface area contributed by atoms with Gasteiger partial charge in [-0.3, -0.25) is 4.79 Å². The number of fused-ring (bicyclic) bond motifs is 1. The highest BCUT2D eigenvalue weighted by molar-refractivity contribution is 5.88. The van der Waals surface area contributed by atoms with Crippen molar-refractivity contribution in [1.29, 1.82) is 0 Å². The van der Waals surface area contributed by atoms with Gasteiger partial charge >= 0.3 is 5.97 Å². The molecular weight excluding hydrogens is 445 g/mol. The maximum Gasteiger partial charge on any atom is 0.345 e. The fourth-order valence-corrected chi connectivity index (χ4v) is 3.98. The van der Waals surface area contributed by atoms with E-state index >= 15 is 0 Å². The molecule has 0 amide bonds. The smallest absolute Gasteiger partial charge is 0.345 e. The second kappa shape index (κ2) is 9.18. The minimum atomic E-state index is -0.733. The van der Waals surface area contributed by atoms with Gasteiger partial charge in [0.2, 0.25) is 11.7 Å². The maximum atomic E-state index is 13.2. The molecule has 11 heteroatoms. The summed E-state index contributed by atoms with van der Waals surface area (Å²) in [7, 11) is 0. The number of ether oxygens (including phenoxy) is 2. The van der Waals surface area contributed by atoms with Gasteiger partial charge in [0.1, 0.15) is 23.6 Å². The molecule has 5 rings (SSSR count). The summed E-state index contributed by atoms with van der Waals surface area (Å²) in [4.78, 5) is 29.9. The molecule has 10 nitrogen and oxygen atoms in total. The zero-order valence-electron chi connectivity index (χ0n) is 18.4. The molecule has 1 aliphatic heterocycles. The zero-order chi connectivity index (χ0) is 23.7. The SMILES string of the molecule is CCOC(=O)c1cn(Cc2nc(-c3ccc(F)cc3)no2)c2cc(C3CCOCC3)nn2c1=O. The molecule has 3 aromatic heterocycles. The number of hydrogen-bond acceptors (Lipinski definition) is 8. The van der Waals surface area contributed by atoms with Gasteiger partial charge in [0.25, 0.3) is 5.56 Å². The molecular formula is C23H22FN5O5. The standard InChI is InChI=1S/C23H22FN5O5/c1-2-33-23(31)17-12-28(13-19-25-21(27-34-19)15-3-5-16(24)6-4-15)20-11-18(26-29(20)22(17)30)14-7-9-32-10-8-14/h3-6,11-12,14H,2,7-10,13H2,1H3. The summed E-state index contributed by atoms with van der Waals surface area (Å²) in [5.74, 6) is -0.400. The van der Waals surface area contributed by atoms with Gasteiger partial charge in [0.05, 0.1) is 12.3 Å². The average Bonchev–Trinajstić information content (AvgIpc) is 3.50. The van der Waals surface area contributed by atoms with E-state index in [2.05, 4.69) is 15.2 Å². The minimum absolute atomic E-state index is 0.0866. The fourth-order valence-electron chi connectivity index (χ4n) is 3.98. The first-order valence-corrected chi connectivity index (χ1v) is 11.0. The van der Waals surface area contributed by atoms with Crippen molar-refractivity contribution in [3.8, 4) is 11.4 Å². The lowest BCUT2D eigenvalue weighted by atomic mass is 9.97. The third-order valence-corrected chi connectivity index (χ3v) is 5.72. The number of carbonyl (C=O) groups excluding carboxylic acids is 1. The Morgan fingerprint density at radius 2 is 2.00 bits per heavy atom. The lowest BCUT2D eigenvalue weighted by Crippen LogP contribution is -2.27. The first-order chi connectivity index (χ1) is 16.5. The molecule has 0 saturated carbocycles. The number of nitrogens with zero attached hydrogens (tertiary/aromatic N) is 5. The Kier molecular flexibility index (Phi) is 5.93. The fraction of sp³-hybridized carbons (Fsp3) is 0.348. The highest BCUT2D eigenvalue weighted by Crippen LogP contribution is 2.26. The molecule has 1 aliphatic rings. The van der Waals surface area contributed by atoms with Gasteiger partial charge in [-0.05, 0) is 44.0 Å². The van der Waals surface area contributed by atoms with Crippen LogP contribution < -0.4 is 5.56 Å². The van der Waals surface area contributed by atoms with Crippen molar-refractivity contribution in [2.24, 2.45) is 0 Å². The molecule has 176 valence electrons.